The number of esters is 1. The molecule has 1 aliphatic carbocycles. The minimum absolute atomic E-state index is 0.0169. The summed E-state index contributed by atoms with van der Waals surface area (Å²) in [4.78, 5) is 21.7. The van der Waals surface area contributed by atoms with Crippen LogP contribution in [0.1, 0.15) is 19.3 Å². The largest absolute Gasteiger partial charge is 0.469 e. The molecule has 0 amide bonds. The Bertz CT molecular complexity index is 240. The Balaban J connectivity index is 2.71. The number of methoxy groups -OCH3 is 1. The van der Waals surface area contributed by atoms with E-state index >= 15 is 0 Å². The highest BCUT2D eigenvalue weighted by Gasteiger charge is 2.44. The van der Waals surface area contributed by atoms with Gasteiger partial charge < -0.3 is 9.53 Å². The third-order valence-electron chi connectivity index (χ3n) is 2.55. The van der Waals surface area contributed by atoms with Crippen LogP contribution in [0.5, 0.6) is 0 Å². The van der Waals surface area contributed by atoms with E-state index < -0.39 is 30.1 Å². The highest BCUT2D eigenvalue weighted by atomic mass is 19.3. The van der Waals surface area contributed by atoms with E-state index in [1.807, 2.05) is 0 Å². The van der Waals surface area contributed by atoms with E-state index in [1.54, 1.807) is 0 Å². The number of hydrogen-bond acceptors (Lipinski definition) is 3. The molecular formula is C9H12F2O3. The van der Waals surface area contributed by atoms with Crippen LogP contribution in [0.25, 0.3) is 0 Å². The van der Waals surface area contributed by atoms with Crippen LogP contribution in [0, 0.1) is 11.8 Å². The number of alkyl halides is 2. The van der Waals surface area contributed by atoms with Gasteiger partial charge in [0.25, 0.3) is 0 Å². The van der Waals surface area contributed by atoms with Gasteiger partial charge in [-0.1, -0.05) is 0 Å². The van der Waals surface area contributed by atoms with Crippen molar-refractivity contribution in [1.82, 2.24) is 0 Å². The van der Waals surface area contributed by atoms with E-state index in [0.29, 0.717) is 6.29 Å². The number of ether oxygens (including phenoxy) is 1. The summed E-state index contributed by atoms with van der Waals surface area (Å²) in [7, 11) is 1.19. The Labute approximate surface area is 80.4 Å². The standard InChI is InChI=1S/C9H12F2O3/c1-14-8(13)7-2-3-9(10,11)4-6(7)5-12/h5-7H,2-4H2,1H3. The quantitative estimate of drug-likeness (QED) is 0.506. The van der Waals surface area contributed by atoms with E-state index in [1.165, 1.54) is 7.11 Å². The van der Waals surface area contributed by atoms with Gasteiger partial charge in [0.2, 0.25) is 5.92 Å². The third-order valence-corrected chi connectivity index (χ3v) is 2.55. The molecule has 0 N–H and O–H groups in total. The number of carbonyl (C=O) groups excluding carboxylic acids is 2. The van der Waals surface area contributed by atoms with Gasteiger partial charge in [-0.2, -0.15) is 0 Å². The molecule has 3 nitrogen and oxygen atoms in total. The van der Waals surface area contributed by atoms with Crippen molar-refractivity contribution in [2.24, 2.45) is 11.8 Å². The van der Waals surface area contributed by atoms with Crippen LogP contribution in [0.3, 0.4) is 0 Å². The molecule has 80 valence electrons. The molecule has 0 radical (unpaired) electrons. The van der Waals surface area contributed by atoms with Gasteiger partial charge in [-0.25, -0.2) is 8.78 Å². The Morgan fingerprint density at radius 3 is 2.71 bits per heavy atom. The normalized spacial score (nSPS) is 30.8. The first-order chi connectivity index (χ1) is 6.50. The monoisotopic (exact) mass is 206 g/mol. The summed E-state index contributed by atoms with van der Waals surface area (Å²) in [6, 6.07) is 0. The molecule has 0 saturated heterocycles. The molecule has 2 unspecified atom stereocenters. The molecule has 2 atom stereocenters. The van der Waals surface area contributed by atoms with Gasteiger partial charge in [-0.3, -0.25) is 4.79 Å². The molecule has 1 rings (SSSR count). The predicted octanol–water partition coefficient (Wildman–Crippen LogP) is 1.41. The maximum atomic E-state index is 12.9. The Hall–Kier alpha value is -1.00. The van der Waals surface area contributed by atoms with Crippen LogP contribution in [0.4, 0.5) is 8.78 Å². The molecule has 0 spiro atoms. The summed E-state index contributed by atoms with van der Waals surface area (Å²) in [5, 5.41) is 0. The second kappa shape index (κ2) is 4.02. The number of aldehydes is 1. The fourth-order valence-corrected chi connectivity index (χ4v) is 1.76. The zero-order valence-corrected chi connectivity index (χ0v) is 7.83. The van der Waals surface area contributed by atoms with E-state index in [4.69, 9.17) is 0 Å². The second-order valence-electron chi connectivity index (χ2n) is 3.53. The van der Waals surface area contributed by atoms with Crippen LogP contribution in [-0.4, -0.2) is 25.3 Å². The molecule has 1 saturated carbocycles. The van der Waals surface area contributed by atoms with Crippen molar-refractivity contribution in [3.05, 3.63) is 0 Å². The van der Waals surface area contributed by atoms with Crippen molar-refractivity contribution in [3.63, 3.8) is 0 Å². The van der Waals surface area contributed by atoms with Crippen molar-refractivity contribution < 1.29 is 23.1 Å². The number of halogens is 2. The van der Waals surface area contributed by atoms with E-state index in [0.717, 1.165) is 0 Å². The molecule has 0 aromatic heterocycles. The Morgan fingerprint density at radius 1 is 1.57 bits per heavy atom. The second-order valence-corrected chi connectivity index (χ2v) is 3.53. The molecule has 0 aromatic carbocycles. The summed E-state index contributed by atoms with van der Waals surface area (Å²) in [5.41, 5.74) is 0. The topological polar surface area (TPSA) is 43.4 Å². The summed E-state index contributed by atoms with van der Waals surface area (Å²) >= 11 is 0. The van der Waals surface area contributed by atoms with Crippen molar-refractivity contribution in [2.45, 2.75) is 25.2 Å². The average molecular weight is 206 g/mol. The molecule has 14 heavy (non-hydrogen) atoms. The van der Waals surface area contributed by atoms with Crippen molar-refractivity contribution >= 4 is 12.3 Å². The van der Waals surface area contributed by atoms with Gasteiger partial charge >= 0.3 is 5.97 Å². The molecular weight excluding hydrogens is 194 g/mol. The average Bonchev–Trinajstić information content (AvgIpc) is 2.15. The number of hydrogen-bond donors (Lipinski definition) is 0. The molecule has 0 aromatic rings. The molecule has 1 aliphatic rings. The molecule has 0 aliphatic heterocycles. The predicted molar refractivity (Wildman–Crippen MR) is 43.9 cm³/mol. The SMILES string of the molecule is COC(=O)C1CCC(F)(F)CC1C=O. The highest BCUT2D eigenvalue weighted by molar-refractivity contribution is 5.77. The lowest BCUT2D eigenvalue weighted by Crippen LogP contribution is -2.37. The van der Waals surface area contributed by atoms with Gasteiger partial charge in [0, 0.05) is 18.8 Å². The molecule has 5 heteroatoms. The van der Waals surface area contributed by atoms with Gasteiger partial charge in [0.15, 0.2) is 0 Å². The fourth-order valence-electron chi connectivity index (χ4n) is 1.76. The van der Waals surface area contributed by atoms with Crippen LogP contribution in [-0.2, 0) is 14.3 Å². The molecule has 0 bridgehead atoms. The minimum atomic E-state index is -2.82. The van der Waals surface area contributed by atoms with Gasteiger partial charge in [0.1, 0.15) is 6.29 Å². The Kier molecular flexibility index (Phi) is 3.18. The number of rotatable bonds is 2. The zero-order valence-electron chi connectivity index (χ0n) is 7.83. The van der Waals surface area contributed by atoms with Crippen molar-refractivity contribution in [2.75, 3.05) is 7.11 Å². The van der Waals surface area contributed by atoms with E-state index in [9.17, 15) is 18.4 Å². The lowest BCUT2D eigenvalue weighted by Gasteiger charge is -2.31. The van der Waals surface area contributed by atoms with Crippen LogP contribution in [0.2, 0.25) is 0 Å². The summed E-state index contributed by atoms with van der Waals surface area (Å²) in [5.74, 6) is -5.00. The first kappa shape index (κ1) is 11.1. The fraction of sp³-hybridized carbons (Fsp3) is 0.778. The van der Waals surface area contributed by atoms with Gasteiger partial charge in [0.05, 0.1) is 13.0 Å². The Morgan fingerprint density at radius 2 is 2.21 bits per heavy atom. The van der Waals surface area contributed by atoms with Crippen LogP contribution >= 0.6 is 0 Å². The van der Waals surface area contributed by atoms with E-state index in [2.05, 4.69) is 4.74 Å². The summed E-state index contributed by atoms with van der Waals surface area (Å²) in [6.45, 7) is 0. The highest BCUT2D eigenvalue weighted by Crippen LogP contribution is 2.39. The summed E-state index contributed by atoms with van der Waals surface area (Å²) in [6.07, 6.45) is -0.453. The van der Waals surface area contributed by atoms with Gasteiger partial charge in [-0.15, -0.1) is 0 Å². The van der Waals surface area contributed by atoms with Crippen molar-refractivity contribution in [3.8, 4) is 0 Å². The molecule has 1 fully saturated rings. The van der Waals surface area contributed by atoms with Gasteiger partial charge in [-0.05, 0) is 6.42 Å². The van der Waals surface area contributed by atoms with Crippen molar-refractivity contribution in [1.29, 1.82) is 0 Å². The van der Waals surface area contributed by atoms with Crippen LogP contribution in [0.15, 0.2) is 0 Å². The van der Waals surface area contributed by atoms with E-state index in [-0.39, 0.29) is 12.8 Å². The minimum Gasteiger partial charge on any atom is -0.469 e. The van der Waals surface area contributed by atoms with Crippen LogP contribution < -0.4 is 0 Å². The number of carbonyl (C=O) groups is 2. The first-order valence-electron chi connectivity index (χ1n) is 4.41. The lowest BCUT2D eigenvalue weighted by molar-refractivity contribution is -0.155. The third kappa shape index (κ3) is 2.27. The first-order valence-corrected chi connectivity index (χ1v) is 4.41. The zero-order chi connectivity index (χ0) is 10.8. The maximum Gasteiger partial charge on any atom is 0.309 e. The molecule has 0 heterocycles. The maximum absolute atomic E-state index is 12.9. The lowest BCUT2D eigenvalue weighted by atomic mass is 9.78. The summed E-state index contributed by atoms with van der Waals surface area (Å²) < 4.78 is 30.2. The smallest absolute Gasteiger partial charge is 0.309 e.